The van der Waals surface area contributed by atoms with E-state index in [1.54, 1.807) is 0 Å². The average molecular weight is 343 g/mol. The number of benzene rings is 1. The predicted molar refractivity (Wildman–Crippen MR) is 84.1 cm³/mol. The number of amides is 2. The third-order valence-electron chi connectivity index (χ3n) is 4.46. The first-order chi connectivity index (χ1) is 11.3. The van der Waals surface area contributed by atoms with Crippen LogP contribution in [0.3, 0.4) is 0 Å². The second kappa shape index (κ2) is 6.51. The first-order valence-corrected chi connectivity index (χ1v) is 8.05. The Labute approximate surface area is 138 Å². The van der Waals surface area contributed by atoms with Gasteiger partial charge in [0.05, 0.1) is 23.0 Å². The quantitative estimate of drug-likeness (QED) is 0.868. The molecule has 2 aliphatic rings. The van der Waals surface area contributed by atoms with E-state index in [0.717, 1.165) is 38.1 Å². The van der Waals surface area contributed by atoms with Gasteiger partial charge in [0, 0.05) is 26.2 Å². The number of urea groups is 1. The Morgan fingerprint density at radius 2 is 1.92 bits per heavy atom. The number of likely N-dealkylation sites (tertiary alicyclic amines) is 1. The fourth-order valence-electron chi connectivity index (χ4n) is 3.17. The Bertz CT molecular complexity index is 615. The summed E-state index contributed by atoms with van der Waals surface area (Å²) in [5.74, 6) is 0. The molecule has 0 unspecified atom stereocenters. The summed E-state index contributed by atoms with van der Waals surface area (Å²) in [7, 11) is 0. The molecule has 2 fully saturated rings. The van der Waals surface area contributed by atoms with Gasteiger partial charge in [-0.25, -0.2) is 4.79 Å². The van der Waals surface area contributed by atoms with Crippen molar-refractivity contribution in [2.75, 3.05) is 36.4 Å². The molecule has 2 aliphatic heterocycles. The molecule has 0 bridgehead atoms. The highest BCUT2D eigenvalue weighted by molar-refractivity contribution is 5.93. The zero-order valence-electron chi connectivity index (χ0n) is 13.1. The van der Waals surface area contributed by atoms with Crippen LogP contribution in [0.1, 0.15) is 24.8 Å². The summed E-state index contributed by atoms with van der Waals surface area (Å²) in [6.45, 7) is 2.11. The second-order valence-corrected chi connectivity index (χ2v) is 6.24. The number of alkyl halides is 3. The molecule has 2 amide bonds. The number of nitrogens with zero attached hydrogens (tertiary/aromatic N) is 2. The van der Waals surface area contributed by atoms with Gasteiger partial charge in [0.2, 0.25) is 0 Å². The Balaban J connectivity index is 1.86. The minimum absolute atomic E-state index is 0.165. The van der Waals surface area contributed by atoms with E-state index >= 15 is 0 Å². The maximum atomic E-state index is 13.0. The Morgan fingerprint density at radius 1 is 1.21 bits per heavy atom. The van der Waals surface area contributed by atoms with E-state index in [2.05, 4.69) is 5.32 Å². The lowest BCUT2D eigenvalue weighted by molar-refractivity contribution is -0.137. The number of aliphatic hydroxyl groups is 1. The number of β-amino-alcohol motifs (C(OH)–C–C–N with tert-alkyl or cyclic N) is 1. The molecule has 5 nitrogen and oxygen atoms in total. The Kier molecular flexibility index (Phi) is 4.58. The summed E-state index contributed by atoms with van der Waals surface area (Å²) < 4.78 is 39.0. The smallest absolute Gasteiger partial charge is 0.391 e. The van der Waals surface area contributed by atoms with Crippen LogP contribution >= 0.6 is 0 Å². The van der Waals surface area contributed by atoms with Crippen LogP contribution in [-0.4, -0.2) is 48.3 Å². The molecular weight excluding hydrogens is 323 g/mol. The van der Waals surface area contributed by atoms with Crippen molar-refractivity contribution < 1.29 is 23.1 Å². The molecule has 132 valence electrons. The standard InChI is InChI=1S/C16H20F3N3O2/c17-16(18,19)11-3-4-14(21-6-1-2-7-21)13(9-11)20-15(24)22-8-5-12(23)10-22/h3-4,9,12,23H,1-2,5-8,10H2,(H,20,24)/t12-/m1/s1. The van der Waals surface area contributed by atoms with Crippen molar-refractivity contribution in [3.8, 4) is 0 Å². The molecule has 8 heteroatoms. The minimum atomic E-state index is -4.47. The number of carbonyl (C=O) groups is 1. The second-order valence-electron chi connectivity index (χ2n) is 6.24. The molecule has 2 N–H and O–H groups in total. The van der Waals surface area contributed by atoms with Crippen molar-refractivity contribution in [2.45, 2.75) is 31.5 Å². The van der Waals surface area contributed by atoms with Crippen LogP contribution in [0.5, 0.6) is 0 Å². The minimum Gasteiger partial charge on any atom is -0.391 e. The highest BCUT2D eigenvalue weighted by Crippen LogP contribution is 2.36. The van der Waals surface area contributed by atoms with Crippen LogP contribution in [0.15, 0.2) is 18.2 Å². The van der Waals surface area contributed by atoms with Crippen molar-refractivity contribution in [2.24, 2.45) is 0 Å². The average Bonchev–Trinajstić information content (AvgIpc) is 3.17. The Hall–Kier alpha value is -1.96. The van der Waals surface area contributed by atoms with Crippen LogP contribution in [0.4, 0.5) is 29.3 Å². The van der Waals surface area contributed by atoms with E-state index in [0.29, 0.717) is 18.7 Å². The van der Waals surface area contributed by atoms with E-state index in [1.165, 1.54) is 11.0 Å². The van der Waals surface area contributed by atoms with Gasteiger partial charge in [0.1, 0.15) is 0 Å². The predicted octanol–water partition coefficient (Wildman–Crippen LogP) is 2.90. The van der Waals surface area contributed by atoms with Gasteiger partial charge in [0.25, 0.3) is 0 Å². The van der Waals surface area contributed by atoms with Crippen LogP contribution in [0.2, 0.25) is 0 Å². The van der Waals surface area contributed by atoms with Crippen LogP contribution in [-0.2, 0) is 6.18 Å². The molecule has 0 spiro atoms. The molecular formula is C16H20F3N3O2. The lowest BCUT2D eigenvalue weighted by atomic mass is 10.1. The molecule has 1 atom stereocenters. The largest absolute Gasteiger partial charge is 0.416 e. The number of nitrogens with one attached hydrogen (secondary N) is 1. The van der Waals surface area contributed by atoms with Crippen LogP contribution < -0.4 is 10.2 Å². The lowest BCUT2D eigenvalue weighted by Crippen LogP contribution is -2.34. The molecule has 0 saturated carbocycles. The first-order valence-electron chi connectivity index (χ1n) is 8.05. The van der Waals surface area contributed by atoms with Crippen LogP contribution in [0.25, 0.3) is 0 Å². The van der Waals surface area contributed by atoms with E-state index in [-0.39, 0.29) is 12.2 Å². The zero-order valence-corrected chi connectivity index (χ0v) is 13.1. The number of rotatable bonds is 2. The molecule has 2 saturated heterocycles. The van der Waals surface area contributed by atoms with E-state index in [1.807, 2.05) is 4.90 Å². The molecule has 0 aromatic heterocycles. The molecule has 2 heterocycles. The maximum Gasteiger partial charge on any atom is 0.416 e. The van der Waals surface area contributed by atoms with Crippen molar-refractivity contribution in [3.63, 3.8) is 0 Å². The van der Waals surface area contributed by atoms with Gasteiger partial charge in [-0.3, -0.25) is 0 Å². The van der Waals surface area contributed by atoms with Gasteiger partial charge >= 0.3 is 12.2 Å². The molecule has 24 heavy (non-hydrogen) atoms. The number of carbonyl (C=O) groups excluding carboxylic acids is 1. The fourth-order valence-corrected chi connectivity index (χ4v) is 3.17. The zero-order chi connectivity index (χ0) is 17.3. The number of halogens is 3. The normalized spacial score (nSPS) is 21.4. The van der Waals surface area contributed by atoms with Crippen molar-refractivity contribution in [1.29, 1.82) is 0 Å². The van der Waals surface area contributed by atoms with Crippen LogP contribution in [0, 0.1) is 0 Å². The molecule has 1 aromatic rings. The molecule has 0 aliphatic carbocycles. The molecule has 0 radical (unpaired) electrons. The monoisotopic (exact) mass is 343 g/mol. The highest BCUT2D eigenvalue weighted by atomic mass is 19.4. The van der Waals surface area contributed by atoms with Gasteiger partial charge in [-0.15, -0.1) is 0 Å². The summed E-state index contributed by atoms with van der Waals surface area (Å²) in [6, 6.07) is 2.97. The molecule has 1 aromatic carbocycles. The summed E-state index contributed by atoms with van der Waals surface area (Å²) >= 11 is 0. The van der Waals surface area contributed by atoms with Gasteiger partial charge < -0.3 is 20.2 Å². The number of anilines is 2. The topological polar surface area (TPSA) is 55.8 Å². The first kappa shape index (κ1) is 16.9. The highest BCUT2D eigenvalue weighted by Gasteiger charge is 2.32. The number of aliphatic hydroxyl groups excluding tert-OH is 1. The summed E-state index contributed by atoms with van der Waals surface area (Å²) in [4.78, 5) is 15.7. The summed E-state index contributed by atoms with van der Waals surface area (Å²) in [5, 5.41) is 12.1. The summed E-state index contributed by atoms with van der Waals surface area (Å²) in [5.41, 5.74) is -0.0195. The van der Waals surface area contributed by atoms with Gasteiger partial charge in [-0.2, -0.15) is 13.2 Å². The molecule has 3 rings (SSSR count). The van der Waals surface area contributed by atoms with Gasteiger partial charge in [-0.05, 0) is 37.5 Å². The van der Waals surface area contributed by atoms with Crippen molar-refractivity contribution >= 4 is 17.4 Å². The van der Waals surface area contributed by atoms with Crippen molar-refractivity contribution in [3.05, 3.63) is 23.8 Å². The Morgan fingerprint density at radius 3 is 2.50 bits per heavy atom. The maximum absolute atomic E-state index is 13.0. The van der Waals surface area contributed by atoms with E-state index in [4.69, 9.17) is 0 Å². The number of hydrogen-bond acceptors (Lipinski definition) is 3. The van der Waals surface area contributed by atoms with Gasteiger partial charge in [0.15, 0.2) is 0 Å². The van der Waals surface area contributed by atoms with Gasteiger partial charge in [-0.1, -0.05) is 0 Å². The lowest BCUT2D eigenvalue weighted by Gasteiger charge is -2.24. The van der Waals surface area contributed by atoms with E-state index < -0.39 is 23.9 Å². The summed E-state index contributed by atoms with van der Waals surface area (Å²) in [6.07, 6.45) is -2.60. The SMILES string of the molecule is O=C(Nc1cc(C(F)(F)F)ccc1N1CCCC1)N1CC[C@@H](O)C1. The third-order valence-corrected chi connectivity index (χ3v) is 4.46. The third kappa shape index (κ3) is 3.58. The number of hydrogen-bond donors (Lipinski definition) is 2. The van der Waals surface area contributed by atoms with Crippen molar-refractivity contribution in [1.82, 2.24) is 4.90 Å². The van der Waals surface area contributed by atoms with E-state index in [9.17, 15) is 23.1 Å². The fraction of sp³-hybridized carbons (Fsp3) is 0.562.